The molecule has 0 radical (unpaired) electrons. The van der Waals surface area contributed by atoms with Gasteiger partial charge in [-0.05, 0) is 25.1 Å². The molecule has 0 aliphatic carbocycles. The number of aromatic nitrogens is 1. The van der Waals surface area contributed by atoms with Crippen LogP contribution in [-0.4, -0.2) is 17.4 Å². The van der Waals surface area contributed by atoms with E-state index in [1.807, 2.05) is 24.3 Å². The van der Waals surface area contributed by atoms with E-state index < -0.39 is 5.82 Å². The van der Waals surface area contributed by atoms with Gasteiger partial charge in [0.25, 0.3) is 5.91 Å². The standard InChI is InChI=1S/C19H15FN2O2S/c1-11-12-5-4-6-13(20)18(12)24-17(11)19(23)21-10-9-16-22-14-7-2-3-8-15(14)25-16/h2-8H,9-10H2,1H3,(H,21,23). The summed E-state index contributed by atoms with van der Waals surface area (Å²) in [5, 5.41) is 4.41. The van der Waals surface area contributed by atoms with E-state index >= 15 is 0 Å². The van der Waals surface area contributed by atoms with Crippen molar-refractivity contribution in [1.82, 2.24) is 10.3 Å². The zero-order chi connectivity index (χ0) is 17.4. The predicted molar refractivity (Wildman–Crippen MR) is 96.6 cm³/mol. The lowest BCUT2D eigenvalue weighted by Gasteiger charge is -2.02. The van der Waals surface area contributed by atoms with E-state index in [9.17, 15) is 9.18 Å². The van der Waals surface area contributed by atoms with Crippen LogP contribution in [0.4, 0.5) is 4.39 Å². The van der Waals surface area contributed by atoms with Crippen LogP contribution in [-0.2, 0) is 6.42 Å². The quantitative estimate of drug-likeness (QED) is 0.588. The topological polar surface area (TPSA) is 55.1 Å². The van der Waals surface area contributed by atoms with Crippen LogP contribution in [0.2, 0.25) is 0 Å². The minimum atomic E-state index is -0.464. The molecule has 4 aromatic rings. The van der Waals surface area contributed by atoms with Crippen LogP contribution >= 0.6 is 11.3 Å². The molecular weight excluding hydrogens is 339 g/mol. The zero-order valence-electron chi connectivity index (χ0n) is 13.5. The molecule has 1 amide bonds. The average Bonchev–Trinajstić information content (AvgIpc) is 3.17. The minimum Gasteiger partial charge on any atom is -0.448 e. The summed E-state index contributed by atoms with van der Waals surface area (Å²) in [6, 6.07) is 12.6. The highest BCUT2D eigenvalue weighted by Gasteiger charge is 2.19. The van der Waals surface area contributed by atoms with E-state index in [0.717, 1.165) is 15.2 Å². The Kier molecular flexibility index (Phi) is 3.97. The second kappa shape index (κ2) is 6.29. The molecule has 0 fully saturated rings. The van der Waals surface area contributed by atoms with E-state index in [1.54, 1.807) is 30.4 Å². The average molecular weight is 354 g/mol. The second-order valence-corrected chi connectivity index (χ2v) is 6.87. The largest absolute Gasteiger partial charge is 0.448 e. The number of halogens is 1. The summed E-state index contributed by atoms with van der Waals surface area (Å²) in [6.45, 7) is 2.20. The summed E-state index contributed by atoms with van der Waals surface area (Å²) in [7, 11) is 0. The number of hydrogen-bond acceptors (Lipinski definition) is 4. The first-order chi connectivity index (χ1) is 12.1. The van der Waals surface area contributed by atoms with Crippen molar-refractivity contribution in [3.05, 3.63) is 64.6 Å². The molecule has 0 aliphatic rings. The van der Waals surface area contributed by atoms with Crippen molar-refractivity contribution in [2.24, 2.45) is 0 Å². The Morgan fingerprint density at radius 3 is 2.88 bits per heavy atom. The molecule has 0 saturated heterocycles. The Balaban J connectivity index is 1.47. The third kappa shape index (κ3) is 2.89. The van der Waals surface area contributed by atoms with Crippen LogP contribution < -0.4 is 5.32 Å². The van der Waals surface area contributed by atoms with Crippen LogP contribution in [0.5, 0.6) is 0 Å². The third-order valence-electron chi connectivity index (χ3n) is 4.08. The molecule has 1 N–H and O–H groups in total. The molecule has 126 valence electrons. The van der Waals surface area contributed by atoms with Crippen molar-refractivity contribution >= 4 is 38.4 Å². The number of rotatable bonds is 4. The van der Waals surface area contributed by atoms with Gasteiger partial charge in [0.05, 0.1) is 15.2 Å². The van der Waals surface area contributed by atoms with E-state index in [1.165, 1.54) is 6.07 Å². The highest BCUT2D eigenvalue weighted by molar-refractivity contribution is 7.18. The number of nitrogens with zero attached hydrogens (tertiary/aromatic N) is 1. The summed E-state index contributed by atoms with van der Waals surface area (Å²) in [5.41, 5.74) is 1.74. The van der Waals surface area contributed by atoms with Crippen molar-refractivity contribution in [2.75, 3.05) is 6.54 Å². The maximum atomic E-state index is 13.8. The molecule has 2 heterocycles. The van der Waals surface area contributed by atoms with Crippen LogP contribution in [0, 0.1) is 12.7 Å². The maximum absolute atomic E-state index is 13.8. The molecule has 0 atom stereocenters. The van der Waals surface area contributed by atoms with Gasteiger partial charge in [0.2, 0.25) is 0 Å². The van der Waals surface area contributed by atoms with E-state index in [2.05, 4.69) is 10.3 Å². The molecule has 0 aliphatic heterocycles. The van der Waals surface area contributed by atoms with Gasteiger partial charge in [0.1, 0.15) is 0 Å². The number of carbonyl (C=O) groups excluding carboxylic acids is 1. The Morgan fingerprint density at radius 1 is 1.24 bits per heavy atom. The summed E-state index contributed by atoms with van der Waals surface area (Å²) in [6.07, 6.45) is 0.638. The maximum Gasteiger partial charge on any atom is 0.287 e. The first-order valence-electron chi connectivity index (χ1n) is 7.94. The Labute approximate surface area is 147 Å². The number of furan rings is 1. The molecule has 0 spiro atoms. The Bertz CT molecular complexity index is 1050. The van der Waals surface area contributed by atoms with Crippen LogP contribution in [0.3, 0.4) is 0 Å². The van der Waals surface area contributed by atoms with Crippen LogP contribution in [0.15, 0.2) is 46.9 Å². The molecule has 0 bridgehead atoms. The number of nitrogens with one attached hydrogen (secondary N) is 1. The van der Waals surface area contributed by atoms with Gasteiger partial charge in [0, 0.05) is 23.9 Å². The lowest BCUT2D eigenvalue weighted by molar-refractivity contribution is 0.0927. The van der Waals surface area contributed by atoms with Crippen molar-refractivity contribution in [3.8, 4) is 0 Å². The first-order valence-corrected chi connectivity index (χ1v) is 8.75. The molecule has 2 aromatic heterocycles. The van der Waals surface area contributed by atoms with Gasteiger partial charge in [-0.1, -0.05) is 24.3 Å². The summed E-state index contributed by atoms with van der Waals surface area (Å²) >= 11 is 1.62. The van der Waals surface area contributed by atoms with Gasteiger partial charge in [-0.2, -0.15) is 0 Å². The fourth-order valence-corrected chi connectivity index (χ4v) is 3.78. The van der Waals surface area contributed by atoms with Crippen molar-refractivity contribution in [1.29, 1.82) is 0 Å². The number of carbonyl (C=O) groups is 1. The van der Waals surface area contributed by atoms with Gasteiger partial charge < -0.3 is 9.73 Å². The number of aryl methyl sites for hydroxylation is 1. The molecule has 2 aromatic carbocycles. The number of para-hydroxylation sites is 2. The summed E-state index contributed by atoms with van der Waals surface area (Å²) < 4.78 is 20.4. The van der Waals surface area contributed by atoms with Crippen LogP contribution in [0.25, 0.3) is 21.2 Å². The Hall–Kier alpha value is -2.73. The number of thiazole rings is 1. The molecule has 4 nitrogen and oxygen atoms in total. The highest BCUT2D eigenvalue weighted by atomic mass is 32.1. The Morgan fingerprint density at radius 2 is 2.08 bits per heavy atom. The predicted octanol–water partition coefficient (Wildman–Crippen LogP) is 4.46. The second-order valence-electron chi connectivity index (χ2n) is 5.75. The van der Waals surface area contributed by atoms with Crippen molar-refractivity contribution in [2.45, 2.75) is 13.3 Å². The number of fused-ring (bicyclic) bond motifs is 2. The van der Waals surface area contributed by atoms with Gasteiger partial charge in [-0.25, -0.2) is 9.37 Å². The lowest BCUT2D eigenvalue weighted by Crippen LogP contribution is -2.25. The summed E-state index contributed by atoms with van der Waals surface area (Å²) in [5.74, 6) is -0.646. The minimum absolute atomic E-state index is 0.122. The molecular formula is C19H15FN2O2S. The van der Waals surface area contributed by atoms with Gasteiger partial charge >= 0.3 is 0 Å². The molecule has 0 saturated carbocycles. The molecule has 25 heavy (non-hydrogen) atoms. The number of benzene rings is 2. The van der Waals surface area contributed by atoms with Crippen LogP contribution in [0.1, 0.15) is 21.1 Å². The number of amides is 1. The molecule has 0 unspecified atom stereocenters. The van der Waals surface area contributed by atoms with Gasteiger partial charge in [-0.3, -0.25) is 4.79 Å². The van der Waals surface area contributed by atoms with E-state index in [-0.39, 0.29) is 17.3 Å². The fourth-order valence-electron chi connectivity index (χ4n) is 2.82. The third-order valence-corrected chi connectivity index (χ3v) is 5.18. The van der Waals surface area contributed by atoms with Gasteiger partial charge in [-0.15, -0.1) is 11.3 Å². The van der Waals surface area contributed by atoms with E-state index in [4.69, 9.17) is 4.42 Å². The molecule has 4 rings (SSSR count). The number of hydrogen-bond donors (Lipinski definition) is 1. The fraction of sp³-hybridized carbons (Fsp3) is 0.158. The monoisotopic (exact) mass is 354 g/mol. The normalized spacial score (nSPS) is 11.3. The molecule has 6 heteroatoms. The van der Waals surface area contributed by atoms with Gasteiger partial charge in [0.15, 0.2) is 17.2 Å². The lowest BCUT2D eigenvalue weighted by atomic mass is 10.1. The SMILES string of the molecule is Cc1c(C(=O)NCCc2nc3ccccc3s2)oc2c(F)cccc12. The smallest absolute Gasteiger partial charge is 0.287 e. The zero-order valence-corrected chi connectivity index (χ0v) is 14.3. The summed E-state index contributed by atoms with van der Waals surface area (Å²) in [4.78, 5) is 16.9. The van der Waals surface area contributed by atoms with E-state index in [0.29, 0.717) is 23.9 Å². The van der Waals surface area contributed by atoms with Crippen molar-refractivity contribution < 1.29 is 13.6 Å². The highest BCUT2D eigenvalue weighted by Crippen LogP contribution is 2.27. The van der Waals surface area contributed by atoms with Crippen molar-refractivity contribution in [3.63, 3.8) is 0 Å². The first kappa shape index (κ1) is 15.8.